The van der Waals surface area contributed by atoms with E-state index in [4.69, 9.17) is 0 Å². The molecule has 4 aromatic heterocycles. The number of benzene rings is 8. The highest BCUT2D eigenvalue weighted by atomic mass is 32.1. The Balaban J connectivity index is 1.09. The Morgan fingerprint density at radius 1 is 0.367 bits per heavy atom. The lowest BCUT2D eigenvalue weighted by Gasteiger charge is -2.09. The smallest absolute Gasteiger partial charge is 0.0620 e. The van der Waals surface area contributed by atoms with Crippen LogP contribution in [0.5, 0.6) is 0 Å². The van der Waals surface area contributed by atoms with Gasteiger partial charge in [0, 0.05) is 63.6 Å². The fourth-order valence-electron chi connectivity index (χ4n) is 8.67. The van der Waals surface area contributed by atoms with E-state index in [1.54, 1.807) is 0 Å². The van der Waals surface area contributed by atoms with Crippen LogP contribution in [0, 0.1) is 0 Å². The Labute approximate surface area is 284 Å². The first-order chi connectivity index (χ1) is 24.3. The second kappa shape index (κ2) is 9.25. The van der Waals surface area contributed by atoms with Gasteiger partial charge < -0.3 is 8.97 Å². The van der Waals surface area contributed by atoms with Gasteiger partial charge in [-0.2, -0.15) is 0 Å². The van der Waals surface area contributed by atoms with Gasteiger partial charge in [0.25, 0.3) is 0 Å². The normalized spacial score (nSPS) is 12.5. The van der Waals surface area contributed by atoms with Crippen LogP contribution in [0.25, 0.3) is 108 Å². The summed E-state index contributed by atoms with van der Waals surface area (Å²) >= 11 is 1.91. The minimum absolute atomic E-state index is 1.18. The van der Waals surface area contributed by atoms with E-state index >= 15 is 0 Å². The summed E-state index contributed by atoms with van der Waals surface area (Å²) in [6.07, 6.45) is 0. The molecule has 226 valence electrons. The van der Waals surface area contributed by atoms with Crippen LogP contribution < -0.4 is 0 Å². The van der Waals surface area contributed by atoms with E-state index in [9.17, 15) is 0 Å². The van der Waals surface area contributed by atoms with Gasteiger partial charge in [0.1, 0.15) is 0 Å². The van der Waals surface area contributed by atoms with E-state index in [1.165, 1.54) is 108 Å². The van der Waals surface area contributed by atoms with Gasteiger partial charge in [-0.1, -0.05) is 103 Å². The number of hydrogen-bond acceptors (Lipinski definition) is 1. The maximum atomic E-state index is 2.49. The first kappa shape index (κ1) is 25.9. The molecule has 0 aliphatic rings. The zero-order chi connectivity index (χ0) is 31.8. The first-order valence-electron chi connectivity index (χ1n) is 16.9. The SMILES string of the molecule is c1ccc(-n2c3ccccc3c3ccc(-c4ccc5sc6c7cc8c(cc7ccc6c5c4)c4cccc5c6ccccc6n8c54)cc32)cc1. The molecule has 3 heteroatoms. The van der Waals surface area contributed by atoms with E-state index in [0.717, 1.165) is 0 Å². The van der Waals surface area contributed by atoms with Crippen molar-refractivity contribution in [3.63, 3.8) is 0 Å². The third-order valence-electron chi connectivity index (χ3n) is 10.8. The molecule has 0 fully saturated rings. The highest BCUT2D eigenvalue weighted by Crippen LogP contribution is 2.45. The molecule has 49 heavy (non-hydrogen) atoms. The first-order valence-corrected chi connectivity index (χ1v) is 17.7. The van der Waals surface area contributed by atoms with Gasteiger partial charge in [-0.15, -0.1) is 11.3 Å². The summed E-state index contributed by atoms with van der Waals surface area (Å²) in [6, 6.07) is 58.6. The van der Waals surface area contributed by atoms with Gasteiger partial charge in [0.15, 0.2) is 0 Å². The topological polar surface area (TPSA) is 9.34 Å². The molecule has 8 aromatic carbocycles. The second-order valence-corrected chi connectivity index (χ2v) is 14.4. The Morgan fingerprint density at radius 2 is 1.04 bits per heavy atom. The monoisotopic (exact) mass is 638 g/mol. The van der Waals surface area contributed by atoms with Crippen molar-refractivity contribution in [3.05, 3.63) is 158 Å². The molecule has 0 spiro atoms. The van der Waals surface area contributed by atoms with E-state index < -0.39 is 0 Å². The molecule has 12 aromatic rings. The molecule has 0 unspecified atom stereocenters. The second-order valence-electron chi connectivity index (χ2n) is 13.3. The van der Waals surface area contributed by atoms with Crippen molar-refractivity contribution in [2.45, 2.75) is 0 Å². The van der Waals surface area contributed by atoms with Crippen LogP contribution in [0.3, 0.4) is 0 Å². The number of aromatic nitrogens is 2. The Morgan fingerprint density at radius 3 is 1.92 bits per heavy atom. The molecule has 0 aliphatic carbocycles. The third kappa shape index (κ3) is 3.35. The highest BCUT2D eigenvalue weighted by molar-refractivity contribution is 7.26. The summed E-state index contributed by atoms with van der Waals surface area (Å²) in [7, 11) is 0. The van der Waals surface area contributed by atoms with E-state index in [1.807, 2.05) is 11.3 Å². The predicted molar refractivity (Wildman–Crippen MR) is 211 cm³/mol. The number of fused-ring (bicyclic) bond motifs is 14. The largest absolute Gasteiger partial charge is 0.309 e. The van der Waals surface area contributed by atoms with Crippen molar-refractivity contribution >= 4 is 102 Å². The van der Waals surface area contributed by atoms with E-state index in [0.29, 0.717) is 0 Å². The molecule has 0 aliphatic heterocycles. The van der Waals surface area contributed by atoms with Gasteiger partial charge in [-0.3, -0.25) is 0 Å². The number of thiophene rings is 1. The van der Waals surface area contributed by atoms with Gasteiger partial charge >= 0.3 is 0 Å². The van der Waals surface area contributed by atoms with Gasteiger partial charge in [0.05, 0.1) is 27.6 Å². The summed E-state index contributed by atoms with van der Waals surface area (Å²) in [6.45, 7) is 0. The maximum absolute atomic E-state index is 2.49. The van der Waals surface area contributed by atoms with Crippen molar-refractivity contribution < 1.29 is 0 Å². The Hall–Kier alpha value is -6.16. The summed E-state index contributed by atoms with van der Waals surface area (Å²) in [4.78, 5) is 0. The lowest BCUT2D eigenvalue weighted by atomic mass is 9.99. The van der Waals surface area contributed by atoms with Crippen molar-refractivity contribution in [1.82, 2.24) is 8.97 Å². The minimum Gasteiger partial charge on any atom is -0.309 e. The Kier molecular flexibility index (Phi) is 4.89. The number of hydrogen-bond donors (Lipinski definition) is 0. The molecule has 0 amide bonds. The van der Waals surface area contributed by atoms with Gasteiger partial charge in [-0.25, -0.2) is 0 Å². The lowest BCUT2D eigenvalue weighted by Crippen LogP contribution is -1.93. The van der Waals surface area contributed by atoms with Gasteiger partial charge in [0.2, 0.25) is 0 Å². The van der Waals surface area contributed by atoms with Crippen LogP contribution in [0.2, 0.25) is 0 Å². The molecule has 0 saturated carbocycles. The molecule has 0 N–H and O–H groups in total. The number of nitrogens with zero attached hydrogens (tertiary/aromatic N) is 2. The van der Waals surface area contributed by atoms with E-state index in [2.05, 4.69) is 167 Å². The number of para-hydroxylation sites is 4. The van der Waals surface area contributed by atoms with Crippen molar-refractivity contribution in [3.8, 4) is 16.8 Å². The van der Waals surface area contributed by atoms with Crippen LogP contribution >= 0.6 is 11.3 Å². The zero-order valence-corrected chi connectivity index (χ0v) is 27.1. The van der Waals surface area contributed by atoms with Crippen LogP contribution in [-0.4, -0.2) is 8.97 Å². The third-order valence-corrected chi connectivity index (χ3v) is 12.0. The van der Waals surface area contributed by atoms with Crippen LogP contribution in [-0.2, 0) is 0 Å². The molecule has 0 atom stereocenters. The van der Waals surface area contributed by atoms with Crippen molar-refractivity contribution in [2.24, 2.45) is 0 Å². The standard InChI is InChI=1S/C46H26N2S/c1-2-9-30(10-3-1)47-40-15-6-4-11-31(40)33-20-17-28(25-42(33)47)27-19-22-44-39(23-27)36-21-18-29-24-38-35-14-8-13-34-32-12-5-7-16-41(32)48(45(34)35)43(38)26-37(29)46(36)49-44/h1-26H. The van der Waals surface area contributed by atoms with Crippen LogP contribution in [0.4, 0.5) is 0 Å². The average Bonchev–Trinajstić information content (AvgIpc) is 3.89. The van der Waals surface area contributed by atoms with Crippen molar-refractivity contribution in [1.29, 1.82) is 0 Å². The molecule has 0 radical (unpaired) electrons. The molecule has 0 bridgehead atoms. The summed E-state index contributed by atoms with van der Waals surface area (Å²) in [5, 5.41) is 13.1. The van der Waals surface area contributed by atoms with Crippen LogP contribution in [0.15, 0.2) is 158 Å². The molecule has 0 saturated heterocycles. The van der Waals surface area contributed by atoms with E-state index in [-0.39, 0.29) is 0 Å². The zero-order valence-electron chi connectivity index (χ0n) is 26.3. The summed E-state index contributed by atoms with van der Waals surface area (Å²) in [5.41, 5.74) is 10.0. The maximum Gasteiger partial charge on any atom is 0.0620 e. The summed E-state index contributed by atoms with van der Waals surface area (Å²) < 4.78 is 7.57. The fraction of sp³-hybridized carbons (Fsp3) is 0. The molecule has 12 rings (SSSR count). The molecular formula is C46H26N2S. The molecular weight excluding hydrogens is 613 g/mol. The highest BCUT2D eigenvalue weighted by Gasteiger charge is 2.19. The summed E-state index contributed by atoms with van der Waals surface area (Å²) in [5.74, 6) is 0. The molecule has 2 nitrogen and oxygen atoms in total. The average molecular weight is 639 g/mol. The minimum atomic E-state index is 1.18. The lowest BCUT2D eigenvalue weighted by molar-refractivity contribution is 1.18. The van der Waals surface area contributed by atoms with Crippen molar-refractivity contribution in [2.75, 3.05) is 0 Å². The predicted octanol–water partition coefficient (Wildman–Crippen LogP) is 13.1. The fourth-order valence-corrected chi connectivity index (χ4v) is 9.88. The Bertz CT molecular complexity index is 3320. The number of rotatable bonds is 2. The van der Waals surface area contributed by atoms with Crippen LogP contribution in [0.1, 0.15) is 0 Å². The quantitative estimate of drug-likeness (QED) is 0.178. The molecule has 4 heterocycles. The van der Waals surface area contributed by atoms with Gasteiger partial charge in [-0.05, 0) is 71.1 Å².